The Balaban J connectivity index is 0.000000222. The topological polar surface area (TPSA) is 54.5 Å². The molecule has 266 valence electrons. The predicted molar refractivity (Wildman–Crippen MR) is 208 cm³/mol. The van der Waals surface area contributed by atoms with Crippen LogP contribution < -0.4 is 14.2 Å². The van der Waals surface area contributed by atoms with Crippen LogP contribution in [0.1, 0.15) is 23.1 Å². The number of carbonyl (C=O) groups is 1. The average Bonchev–Trinajstić information content (AvgIpc) is 3.56. The molecule has 7 nitrogen and oxygen atoms in total. The number of piperazine rings is 1. The van der Waals surface area contributed by atoms with Gasteiger partial charge in [0, 0.05) is 59.1 Å². The van der Waals surface area contributed by atoms with E-state index in [4.69, 9.17) is 37.4 Å². The maximum Gasteiger partial charge on any atom is 0.260 e. The Morgan fingerprint density at radius 2 is 1.54 bits per heavy atom. The molecule has 4 aromatic carbocycles. The van der Waals surface area contributed by atoms with E-state index in [-0.39, 0.29) is 44.1 Å². The molecule has 1 saturated heterocycles. The first-order chi connectivity index (χ1) is 23.3. The van der Waals surface area contributed by atoms with E-state index in [1.54, 1.807) is 24.3 Å². The minimum atomic E-state index is 0. The molecule has 0 aromatic heterocycles. The molecule has 0 unspecified atom stereocenters. The van der Waals surface area contributed by atoms with Crippen LogP contribution in [-0.4, -0.2) is 80.8 Å². The maximum atomic E-state index is 12.4. The fourth-order valence-corrected chi connectivity index (χ4v) is 7.13. The third kappa shape index (κ3) is 10.5. The molecule has 7 rings (SSSR count). The molecule has 0 N–H and O–H groups in total. The highest BCUT2D eigenvalue weighted by molar-refractivity contribution is 7.99. The van der Waals surface area contributed by atoms with Crippen molar-refractivity contribution in [2.45, 2.75) is 22.8 Å². The Labute approximate surface area is 321 Å². The second-order valence-corrected chi connectivity index (χ2v) is 14.0. The van der Waals surface area contributed by atoms with Gasteiger partial charge in [-0.05, 0) is 103 Å². The monoisotopic (exact) mass is 775 g/mol. The summed E-state index contributed by atoms with van der Waals surface area (Å²) in [4.78, 5) is 21.4. The molecule has 0 spiro atoms. The van der Waals surface area contributed by atoms with Crippen molar-refractivity contribution in [2.75, 3.05) is 60.2 Å². The molecule has 3 aliphatic rings. The number of ether oxygens (including phenoxy) is 3. The van der Waals surface area contributed by atoms with Crippen molar-refractivity contribution in [1.29, 1.82) is 0 Å². The van der Waals surface area contributed by atoms with Crippen LogP contribution >= 0.6 is 59.8 Å². The van der Waals surface area contributed by atoms with Gasteiger partial charge in [-0.3, -0.25) is 9.69 Å². The summed E-state index contributed by atoms with van der Waals surface area (Å²) < 4.78 is 16.3. The summed E-state index contributed by atoms with van der Waals surface area (Å²) in [7, 11) is 4.21. The van der Waals surface area contributed by atoms with Gasteiger partial charge >= 0.3 is 0 Å². The molecule has 1 amide bonds. The van der Waals surface area contributed by atoms with Crippen LogP contribution in [0.3, 0.4) is 0 Å². The number of fused-ring (bicyclic) bond motifs is 3. The molecule has 12 heteroatoms. The third-order valence-electron chi connectivity index (χ3n) is 8.30. The number of carbonyl (C=O) groups excluding carboxylic acids is 1. The van der Waals surface area contributed by atoms with Crippen molar-refractivity contribution in [3.05, 3.63) is 118 Å². The lowest BCUT2D eigenvalue weighted by atomic mass is 9.96. The van der Waals surface area contributed by atoms with E-state index < -0.39 is 0 Å². The van der Waals surface area contributed by atoms with Crippen molar-refractivity contribution in [3.8, 4) is 17.2 Å². The summed E-state index contributed by atoms with van der Waals surface area (Å²) in [5.74, 6) is 2.26. The van der Waals surface area contributed by atoms with Gasteiger partial charge in [0.2, 0.25) is 6.79 Å². The molecule has 0 aliphatic carbocycles. The molecule has 0 atom stereocenters. The Morgan fingerprint density at radius 3 is 2.30 bits per heavy atom. The fourth-order valence-electron chi connectivity index (χ4n) is 5.75. The van der Waals surface area contributed by atoms with E-state index in [9.17, 15) is 4.79 Å². The summed E-state index contributed by atoms with van der Waals surface area (Å²) in [5.41, 5.74) is 5.06. The third-order valence-corrected chi connectivity index (χ3v) is 9.94. The molecular weight excluding hydrogens is 736 g/mol. The number of halogens is 4. The van der Waals surface area contributed by atoms with E-state index in [1.165, 1.54) is 32.1 Å². The van der Waals surface area contributed by atoms with Crippen molar-refractivity contribution < 1.29 is 19.0 Å². The quantitative estimate of drug-likeness (QED) is 0.156. The average molecular weight is 778 g/mol. The van der Waals surface area contributed by atoms with Crippen LogP contribution in [0.5, 0.6) is 17.2 Å². The van der Waals surface area contributed by atoms with Crippen LogP contribution in [0.15, 0.2) is 101 Å². The SMILES string of the molecule is CN(C)CCC=C1c2ccccc2Sc2ccc(Cl)cc21.Cl.Cl.O=C(COc1ccc(Cl)cc1)N1CCN(Cc2ccc3c(c2)OCO3)CC1. The van der Waals surface area contributed by atoms with Gasteiger partial charge in [0.1, 0.15) is 5.75 Å². The molecule has 0 radical (unpaired) electrons. The van der Waals surface area contributed by atoms with Crippen molar-refractivity contribution in [3.63, 3.8) is 0 Å². The first-order valence-electron chi connectivity index (χ1n) is 16.0. The summed E-state index contributed by atoms with van der Waals surface area (Å²) in [6.45, 7) is 5.29. The minimum Gasteiger partial charge on any atom is -0.484 e. The first kappa shape index (κ1) is 39.7. The van der Waals surface area contributed by atoms with E-state index >= 15 is 0 Å². The van der Waals surface area contributed by atoms with Crippen molar-refractivity contribution in [1.82, 2.24) is 14.7 Å². The fraction of sp³-hybridized carbons (Fsp3) is 0.289. The molecular formula is C38H41Cl4N3O4S. The Hall–Kier alpha value is -3.08. The molecule has 50 heavy (non-hydrogen) atoms. The Morgan fingerprint density at radius 1 is 0.840 bits per heavy atom. The number of hydrogen-bond donors (Lipinski definition) is 0. The number of hydrogen-bond acceptors (Lipinski definition) is 7. The van der Waals surface area contributed by atoms with Gasteiger partial charge < -0.3 is 24.0 Å². The number of benzene rings is 4. The predicted octanol–water partition coefficient (Wildman–Crippen LogP) is 8.82. The second-order valence-electron chi connectivity index (χ2n) is 12.0. The zero-order valence-electron chi connectivity index (χ0n) is 28.0. The molecule has 4 aromatic rings. The van der Waals surface area contributed by atoms with Crippen molar-refractivity contribution in [2.24, 2.45) is 0 Å². The lowest BCUT2D eigenvalue weighted by molar-refractivity contribution is -0.135. The number of nitrogens with zero attached hydrogens (tertiary/aromatic N) is 3. The van der Waals surface area contributed by atoms with Crippen LogP contribution in [0.25, 0.3) is 5.57 Å². The van der Waals surface area contributed by atoms with Gasteiger partial charge in [-0.1, -0.05) is 65.3 Å². The Bertz CT molecular complexity index is 1770. The molecule has 1 fully saturated rings. The van der Waals surface area contributed by atoms with Crippen LogP contribution in [0, 0.1) is 0 Å². The zero-order valence-corrected chi connectivity index (χ0v) is 31.9. The molecule has 0 bridgehead atoms. The lowest BCUT2D eigenvalue weighted by Crippen LogP contribution is -2.49. The maximum absolute atomic E-state index is 12.4. The van der Waals surface area contributed by atoms with E-state index in [2.05, 4.69) is 72.4 Å². The van der Waals surface area contributed by atoms with Crippen LogP contribution in [0.4, 0.5) is 0 Å². The van der Waals surface area contributed by atoms with Gasteiger partial charge in [-0.25, -0.2) is 0 Å². The van der Waals surface area contributed by atoms with Crippen LogP contribution in [0.2, 0.25) is 10.0 Å². The summed E-state index contributed by atoms with van der Waals surface area (Å²) in [6, 6.07) is 27.8. The molecule has 3 heterocycles. The second kappa shape index (κ2) is 19.0. The van der Waals surface area contributed by atoms with Gasteiger partial charge in [0.05, 0.1) is 0 Å². The van der Waals surface area contributed by atoms with Gasteiger partial charge in [-0.15, -0.1) is 24.8 Å². The normalized spacial score (nSPS) is 15.2. The van der Waals surface area contributed by atoms with Gasteiger partial charge in [-0.2, -0.15) is 0 Å². The highest BCUT2D eigenvalue weighted by Gasteiger charge is 2.23. The number of rotatable bonds is 8. The zero-order chi connectivity index (χ0) is 33.5. The van der Waals surface area contributed by atoms with E-state index in [0.29, 0.717) is 23.9 Å². The van der Waals surface area contributed by atoms with Gasteiger partial charge in [0.15, 0.2) is 18.1 Å². The molecule has 0 saturated carbocycles. The lowest BCUT2D eigenvalue weighted by Gasteiger charge is -2.34. The smallest absolute Gasteiger partial charge is 0.260 e. The van der Waals surface area contributed by atoms with Crippen molar-refractivity contribution >= 4 is 71.3 Å². The first-order valence-corrected chi connectivity index (χ1v) is 17.6. The van der Waals surface area contributed by atoms with Gasteiger partial charge in [0.25, 0.3) is 5.91 Å². The largest absolute Gasteiger partial charge is 0.484 e. The highest BCUT2D eigenvalue weighted by atomic mass is 35.5. The standard InChI is InChI=1S/C20H21ClN2O4.C18H18ClNS.2ClH/c21-16-2-4-17(5-3-16)25-13-20(24)23-9-7-22(8-10-23)12-15-1-6-18-19(11-15)27-14-26-18;1-20(2)11-5-7-14-15-6-3-4-8-17(15)21-18-10-9-13(19)12-16(14)18;;/h1-6,11H,7-10,12-14H2;3-4,6-10,12H,5,11H2,1-2H3;2*1H. The summed E-state index contributed by atoms with van der Waals surface area (Å²) in [5, 5.41) is 1.44. The highest BCUT2D eigenvalue weighted by Crippen LogP contribution is 2.46. The number of amides is 1. The van der Waals surface area contributed by atoms with E-state index in [1.807, 2.05) is 34.9 Å². The summed E-state index contributed by atoms with van der Waals surface area (Å²) in [6.07, 6.45) is 3.38. The Kier molecular flexibility index (Phi) is 15.0. The van der Waals surface area contributed by atoms with E-state index in [0.717, 1.165) is 49.1 Å². The van der Waals surface area contributed by atoms with Crippen LogP contribution in [-0.2, 0) is 11.3 Å². The summed E-state index contributed by atoms with van der Waals surface area (Å²) >= 11 is 13.9. The molecule has 3 aliphatic heterocycles. The minimum absolute atomic E-state index is 0.